The van der Waals surface area contributed by atoms with Crippen LogP contribution in [-0.4, -0.2) is 4.98 Å². The summed E-state index contributed by atoms with van der Waals surface area (Å²) >= 11 is 3.30. The fraction of sp³-hybridized carbons (Fsp3) is 0.0833. The summed E-state index contributed by atoms with van der Waals surface area (Å²) < 4.78 is 27.0. The lowest BCUT2D eigenvalue weighted by Gasteiger charge is -2.08. The van der Waals surface area contributed by atoms with Crippen molar-refractivity contribution in [3.05, 3.63) is 58.2 Å². The lowest BCUT2D eigenvalue weighted by atomic mass is 10.2. The second-order valence-electron chi connectivity index (χ2n) is 3.42. The Morgan fingerprint density at radius 1 is 1.24 bits per heavy atom. The van der Waals surface area contributed by atoms with Gasteiger partial charge in [-0.15, -0.1) is 0 Å². The zero-order chi connectivity index (χ0) is 12.3. The number of pyridine rings is 1. The highest BCUT2D eigenvalue weighted by molar-refractivity contribution is 9.10. The van der Waals surface area contributed by atoms with Crippen LogP contribution in [0, 0.1) is 11.6 Å². The molecule has 1 N–H and O–H groups in total. The van der Waals surface area contributed by atoms with E-state index in [2.05, 4.69) is 26.2 Å². The van der Waals surface area contributed by atoms with Crippen molar-refractivity contribution < 1.29 is 8.78 Å². The number of hydrogen-bond donors (Lipinski definition) is 1. The van der Waals surface area contributed by atoms with E-state index in [9.17, 15) is 8.78 Å². The summed E-state index contributed by atoms with van der Waals surface area (Å²) in [7, 11) is 0. The first-order chi connectivity index (χ1) is 8.16. The molecule has 1 aromatic heterocycles. The fourth-order valence-corrected chi connectivity index (χ4v) is 1.76. The van der Waals surface area contributed by atoms with Gasteiger partial charge in [-0.3, -0.25) is 0 Å². The van der Waals surface area contributed by atoms with Crippen molar-refractivity contribution in [2.75, 3.05) is 5.32 Å². The highest BCUT2D eigenvalue weighted by Crippen LogP contribution is 2.19. The van der Waals surface area contributed by atoms with E-state index in [-0.39, 0.29) is 11.6 Å². The number of hydrogen-bond acceptors (Lipinski definition) is 2. The molecule has 0 spiro atoms. The lowest BCUT2D eigenvalue weighted by molar-refractivity contribution is 0.622. The van der Waals surface area contributed by atoms with E-state index < -0.39 is 5.82 Å². The largest absolute Gasteiger partial charge is 0.364 e. The molecule has 0 amide bonds. The van der Waals surface area contributed by atoms with Crippen LogP contribution in [0.15, 0.2) is 41.0 Å². The Labute approximate surface area is 106 Å². The summed E-state index contributed by atoms with van der Waals surface area (Å²) in [5, 5.41) is 2.81. The second-order valence-corrected chi connectivity index (χ2v) is 4.28. The average Bonchev–Trinajstić information content (AvgIpc) is 2.32. The van der Waals surface area contributed by atoms with Crippen LogP contribution in [0.1, 0.15) is 5.56 Å². The Balaban J connectivity index is 2.12. The maximum atomic E-state index is 13.3. The first-order valence-electron chi connectivity index (χ1n) is 4.95. The predicted molar refractivity (Wildman–Crippen MR) is 65.6 cm³/mol. The zero-order valence-corrected chi connectivity index (χ0v) is 10.3. The van der Waals surface area contributed by atoms with E-state index in [0.29, 0.717) is 12.1 Å². The number of benzene rings is 1. The first kappa shape index (κ1) is 12.0. The predicted octanol–water partition coefficient (Wildman–Crippen LogP) is 3.73. The van der Waals surface area contributed by atoms with Crippen LogP contribution in [0.3, 0.4) is 0 Å². The molecule has 5 heteroatoms. The molecule has 0 saturated heterocycles. The molecule has 0 saturated carbocycles. The normalized spacial score (nSPS) is 10.3. The van der Waals surface area contributed by atoms with Crippen molar-refractivity contribution in [1.29, 1.82) is 0 Å². The van der Waals surface area contributed by atoms with Crippen LogP contribution in [0.25, 0.3) is 0 Å². The van der Waals surface area contributed by atoms with Gasteiger partial charge in [0.25, 0.3) is 0 Å². The van der Waals surface area contributed by atoms with Crippen LogP contribution in [0.5, 0.6) is 0 Å². The van der Waals surface area contributed by atoms with E-state index >= 15 is 0 Å². The van der Waals surface area contributed by atoms with Gasteiger partial charge < -0.3 is 5.32 Å². The van der Waals surface area contributed by atoms with Gasteiger partial charge in [0.2, 0.25) is 0 Å². The summed E-state index contributed by atoms with van der Waals surface area (Å²) in [5.74, 6) is -0.602. The first-order valence-corrected chi connectivity index (χ1v) is 5.74. The van der Waals surface area contributed by atoms with Crippen LogP contribution >= 0.6 is 15.9 Å². The van der Waals surface area contributed by atoms with Gasteiger partial charge in [-0.25, -0.2) is 13.8 Å². The topological polar surface area (TPSA) is 24.9 Å². The number of aromatic nitrogens is 1. The number of anilines is 1. The summed E-state index contributed by atoms with van der Waals surface area (Å²) in [6, 6.07) is 7.18. The van der Waals surface area contributed by atoms with Crippen LogP contribution in [0.2, 0.25) is 0 Å². The minimum Gasteiger partial charge on any atom is -0.364 e. The molecule has 0 fully saturated rings. The highest BCUT2D eigenvalue weighted by atomic mass is 79.9. The van der Waals surface area contributed by atoms with Crippen molar-refractivity contribution in [2.45, 2.75) is 6.54 Å². The Bertz CT molecular complexity index is 532. The number of rotatable bonds is 3. The van der Waals surface area contributed by atoms with E-state index in [0.717, 1.165) is 4.47 Å². The molecule has 1 aromatic carbocycles. The number of nitrogens with zero attached hydrogens (tertiary/aromatic N) is 1. The van der Waals surface area contributed by atoms with Gasteiger partial charge >= 0.3 is 0 Å². The Hall–Kier alpha value is -1.49. The minimum atomic E-state index is -0.431. The van der Waals surface area contributed by atoms with Gasteiger partial charge in [0.15, 0.2) is 11.6 Å². The maximum absolute atomic E-state index is 13.3. The molecule has 0 atom stereocenters. The molecule has 1 heterocycles. The van der Waals surface area contributed by atoms with E-state index in [1.807, 2.05) is 0 Å². The van der Waals surface area contributed by atoms with Crippen molar-refractivity contribution >= 4 is 21.7 Å². The molecular formula is C12H9BrF2N2. The third-order valence-corrected chi connectivity index (χ3v) is 2.99. The van der Waals surface area contributed by atoms with Gasteiger partial charge in [0, 0.05) is 17.2 Å². The minimum absolute atomic E-state index is 0.156. The Kier molecular flexibility index (Phi) is 3.68. The summed E-state index contributed by atoms with van der Waals surface area (Å²) in [5.41, 5.74) is 0.704. The Morgan fingerprint density at radius 3 is 2.82 bits per heavy atom. The van der Waals surface area contributed by atoms with Crippen molar-refractivity contribution in [2.24, 2.45) is 0 Å². The van der Waals surface area contributed by atoms with Crippen LogP contribution in [0.4, 0.5) is 14.6 Å². The van der Waals surface area contributed by atoms with Crippen molar-refractivity contribution in [3.8, 4) is 0 Å². The standard InChI is InChI=1S/C12H9BrF2N2/c13-10-4-3-9(14)6-8(10)7-17-12-11(15)2-1-5-16-12/h1-6H,7H2,(H,16,17). The van der Waals surface area contributed by atoms with E-state index in [1.165, 1.54) is 30.5 Å². The zero-order valence-electron chi connectivity index (χ0n) is 8.75. The smallest absolute Gasteiger partial charge is 0.165 e. The summed E-state index contributed by atoms with van der Waals surface area (Å²) in [6.07, 6.45) is 1.49. The van der Waals surface area contributed by atoms with Crippen LogP contribution < -0.4 is 5.32 Å². The third kappa shape index (κ3) is 3.00. The molecule has 0 unspecified atom stereocenters. The number of nitrogens with one attached hydrogen (secondary N) is 1. The highest BCUT2D eigenvalue weighted by Gasteiger charge is 2.04. The molecule has 17 heavy (non-hydrogen) atoms. The molecule has 0 radical (unpaired) electrons. The summed E-state index contributed by atoms with van der Waals surface area (Å²) in [4.78, 5) is 3.85. The Morgan fingerprint density at radius 2 is 2.06 bits per heavy atom. The van der Waals surface area contributed by atoms with Gasteiger partial charge in [-0.05, 0) is 35.9 Å². The molecule has 0 bridgehead atoms. The van der Waals surface area contributed by atoms with Crippen molar-refractivity contribution in [3.63, 3.8) is 0 Å². The summed E-state index contributed by atoms with van der Waals surface area (Å²) in [6.45, 7) is 0.298. The lowest BCUT2D eigenvalue weighted by Crippen LogP contribution is -2.04. The molecule has 2 aromatic rings. The molecule has 2 nitrogen and oxygen atoms in total. The van der Waals surface area contributed by atoms with Gasteiger partial charge in [0.1, 0.15) is 5.82 Å². The van der Waals surface area contributed by atoms with E-state index in [1.54, 1.807) is 6.07 Å². The molecular weight excluding hydrogens is 290 g/mol. The SMILES string of the molecule is Fc1ccc(Br)c(CNc2ncccc2F)c1. The number of halogens is 3. The molecule has 88 valence electrons. The van der Waals surface area contributed by atoms with Gasteiger partial charge in [0.05, 0.1) is 0 Å². The van der Waals surface area contributed by atoms with Crippen LogP contribution in [-0.2, 0) is 6.54 Å². The molecule has 0 aliphatic heterocycles. The van der Waals surface area contributed by atoms with Gasteiger partial charge in [-0.2, -0.15) is 0 Å². The monoisotopic (exact) mass is 298 g/mol. The fourth-order valence-electron chi connectivity index (χ4n) is 1.37. The quantitative estimate of drug-likeness (QED) is 0.934. The van der Waals surface area contributed by atoms with Gasteiger partial charge in [-0.1, -0.05) is 15.9 Å². The molecule has 0 aliphatic rings. The molecule has 2 rings (SSSR count). The maximum Gasteiger partial charge on any atom is 0.165 e. The second kappa shape index (κ2) is 5.23. The average molecular weight is 299 g/mol. The third-order valence-electron chi connectivity index (χ3n) is 2.21. The molecule has 0 aliphatic carbocycles. The van der Waals surface area contributed by atoms with E-state index in [4.69, 9.17) is 0 Å². The van der Waals surface area contributed by atoms with Crippen molar-refractivity contribution in [1.82, 2.24) is 4.98 Å².